The van der Waals surface area contributed by atoms with Gasteiger partial charge in [0.05, 0.1) is 0 Å². The van der Waals surface area contributed by atoms with Crippen LogP contribution in [0.15, 0.2) is 4.99 Å². The quantitative estimate of drug-likeness (QED) is 0.383. The van der Waals surface area contributed by atoms with Gasteiger partial charge in [-0.05, 0) is 0 Å². The third kappa shape index (κ3) is 2.72. The maximum absolute atomic E-state index is 5.42. The summed E-state index contributed by atoms with van der Waals surface area (Å²) < 4.78 is 0.618. The van der Waals surface area contributed by atoms with E-state index in [1.165, 1.54) is 32.1 Å². The molecular formula is C7H13N2Se. The number of nitrogens with zero attached hydrogens (tertiary/aromatic N) is 1. The molecule has 0 spiro atoms. The summed E-state index contributed by atoms with van der Waals surface area (Å²) in [5.41, 5.74) is 5.42. The Bertz CT molecular complexity index is 124. The Morgan fingerprint density at radius 2 is 1.90 bits per heavy atom. The molecule has 1 saturated carbocycles. The van der Waals surface area contributed by atoms with Crippen molar-refractivity contribution in [3.8, 4) is 0 Å². The summed E-state index contributed by atoms with van der Waals surface area (Å²) in [6, 6.07) is 0.509. The van der Waals surface area contributed by atoms with Crippen LogP contribution in [0.25, 0.3) is 0 Å². The summed E-state index contributed by atoms with van der Waals surface area (Å²) in [4.78, 5) is 4.28. The zero-order chi connectivity index (χ0) is 7.40. The van der Waals surface area contributed by atoms with Crippen LogP contribution in [-0.2, 0) is 0 Å². The second kappa shape index (κ2) is 3.99. The fourth-order valence-electron chi connectivity index (χ4n) is 1.39. The molecule has 1 aliphatic carbocycles. The topological polar surface area (TPSA) is 38.4 Å². The van der Waals surface area contributed by atoms with Gasteiger partial charge in [0.15, 0.2) is 0 Å². The van der Waals surface area contributed by atoms with Crippen molar-refractivity contribution >= 4 is 20.7 Å². The van der Waals surface area contributed by atoms with E-state index in [9.17, 15) is 0 Å². The summed E-state index contributed by atoms with van der Waals surface area (Å²) >= 11 is 2.71. The summed E-state index contributed by atoms with van der Waals surface area (Å²) in [6.45, 7) is 0. The van der Waals surface area contributed by atoms with Gasteiger partial charge in [0.2, 0.25) is 0 Å². The number of hydrogen-bond donors (Lipinski definition) is 1. The van der Waals surface area contributed by atoms with Crippen LogP contribution in [-0.4, -0.2) is 26.8 Å². The molecule has 0 saturated heterocycles. The van der Waals surface area contributed by atoms with Crippen molar-refractivity contribution in [3.63, 3.8) is 0 Å². The van der Waals surface area contributed by atoms with E-state index in [-0.39, 0.29) is 0 Å². The van der Waals surface area contributed by atoms with E-state index in [2.05, 4.69) is 21.0 Å². The van der Waals surface area contributed by atoms with Crippen molar-refractivity contribution in [2.45, 2.75) is 38.1 Å². The molecule has 10 heavy (non-hydrogen) atoms. The van der Waals surface area contributed by atoms with Gasteiger partial charge in [0.25, 0.3) is 0 Å². The molecule has 0 heterocycles. The molecular weight excluding hydrogens is 191 g/mol. The fraction of sp³-hybridized carbons (Fsp3) is 0.857. The average Bonchev–Trinajstić information content (AvgIpc) is 1.88. The zero-order valence-electron chi connectivity index (χ0n) is 6.05. The van der Waals surface area contributed by atoms with E-state index < -0.39 is 0 Å². The van der Waals surface area contributed by atoms with E-state index in [4.69, 9.17) is 5.73 Å². The van der Waals surface area contributed by atoms with Gasteiger partial charge in [0.1, 0.15) is 0 Å². The number of aliphatic imine (C=N–C) groups is 1. The number of hydrogen-bond acceptors (Lipinski definition) is 1. The normalized spacial score (nSPS) is 23.0. The van der Waals surface area contributed by atoms with Crippen molar-refractivity contribution < 1.29 is 0 Å². The second-order valence-corrected chi connectivity index (χ2v) is 3.64. The van der Waals surface area contributed by atoms with Crippen LogP contribution in [0.2, 0.25) is 0 Å². The third-order valence-electron chi connectivity index (χ3n) is 1.88. The molecule has 2 nitrogen and oxygen atoms in total. The molecule has 0 atom stereocenters. The van der Waals surface area contributed by atoms with Crippen LogP contribution < -0.4 is 5.73 Å². The molecule has 2 N–H and O–H groups in total. The minimum atomic E-state index is 0.509. The van der Waals surface area contributed by atoms with Crippen LogP contribution in [0.5, 0.6) is 0 Å². The van der Waals surface area contributed by atoms with Gasteiger partial charge < -0.3 is 0 Å². The van der Waals surface area contributed by atoms with Gasteiger partial charge in [-0.15, -0.1) is 0 Å². The number of rotatable bonds is 1. The first-order valence-corrected chi connectivity index (χ1v) is 4.65. The predicted molar refractivity (Wildman–Crippen MR) is 44.2 cm³/mol. The Labute approximate surface area is 70.1 Å². The van der Waals surface area contributed by atoms with Crippen molar-refractivity contribution in [2.24, 2.45) is 10.7 Å². The molecule has 1 aliphatic rings. The molecule has 0 aliphatic heterocycles. The molecule has 0 bridgehead atoms. The van der Waals surface area contributed by atoms with Crippen molar-refractivity contribution in [2.75, 3.05) is 0 Å². The van der Waals surface area contributed by atoms with Crippen LogP contribution in [0.3, 0.4) is 0 Å². The van der Waals surface area contributed by atoms with Crippen LogP contribution >= 0.6 is 0 Å². The SMILES string of the molecule is NC([Se])=NC1CCCCC1. The molecule has 0 unspecified atom stereocenters. The Morgan fingerprint density at radius 3 is 2.40 bits per heavy atom. The Morgan fingerprint density at radius 1 is 1.30 bits per heavy atom. The fourth-order valence-corrected chi connectivity index (χ4v) is 1.70. The third-order valence-corrected chi connectivity index (χ3v) is 2.11. The zero-order valence-corrected chi connectivity index (χ0v) is 7.76. The van der Waals surface area contributed by atoms with E-state index in [1.54, 1.807) is 0 Å². The van der Waals surface area contributed by atoms with E-state index >= 15 is 0 Å². The van der Waals surface area contributed by atoms with Crippen molar-refractivity contribution in [1.29, 1.82) is 0 Å². The monoisotopic (exact) mass is 205 g/mol. The Balaban J connectivity index is 2.33. The number of nitrogens with two attached hydrogens (primary N) is 1. The standard InChI is InChI=1S/C7H13N2Se/c8-7(10)9-6-4-2-1-3-5-6/h6H,1-5H2,(H2,8,9). The van der Waals surface area contributed by atoms with Gasteiger partial charge in [-0.2, -0.15) is 0 Å². The van der Waals surface area contributed by atoms with Gasteiger partial charge in [0, 0.05) is 0 Å². The molecule has 1 fully saturated rings. The van der Waals surface area contributed by atoms with E-state index in [1.807, 2.05) is 0 Å². The summed E-state index contributed by atoms with van der Waals surface area (Å²) in [6.07, 6.45) is 6.47. The van der Waals surface area contributed by atoms with Gasteiger partial charge >= 0.3 is 69.6 Å². The Hall–Kier alpha value is -0.0105. The maximum atomic E-state index is 5.42. The number of amidine groups is 1. The summed E-state index contributed by atoms with van der Waals surface area (Å²) in [5.74, 6) is 0. The molecule has 0 aromatic rings. The predicted octanol–water partition coefficient (Wildman–Crippen LogP) is 0.802. The van der Waals surface area contributed by atoms with Gasteiger partial charge in [-0.3, -0.25) is 0 Å². The molecule has 1 rings (SSSR count). The minimum absolute atomic E-state index is 0.509. The first kappa shape index (κ1) is 8.09. The van der Waals surface area contributed by atoms with E-state index in [0.29, 0.717) is 10.8 Å². The molecule has 1 radical (unpaired) electrons. The van der Waals surface area contributed by atoms with E-state index in [0.717, 1.165) is 0 Å². The molecule has 0 amide bonds. The van der Waals surface area contributed by atoms with Crippen molar-refractivity contribution in [3.05, 3.63) is 0 Å². The molecule has 57 valence electrons. The first-order valence-electron chi connectivity index (χ1n) is 3.79. The molecule has 0 aromatic heterocycles. The average molecular weight is 204 g/mol. The van der Waals surface area contributed by atoms with Crippen molar-refractivity contribution in [1.82, 2.24) is 0 Å². The molecule has 3 heteroatoms. The summed E-state index contributed by atoms with van der Waals surface area (Å²) in [5, 5.41) is 0. The van der Waals surface area contributed by atoms with Crippen LogP contribution in [0.1, 0.15) is 32.1 Å². The van der Waals surface area contributed by atoms with Gasteiger partial charge in [-0.1, -0.05) is 0 Å². The van der Waals surface area contributed by atoms with Gasteiger partial charge in [-0.25, -0.2) is 0 Å². The molecule has 0 aromatic carbocycles. The Kier molecular flexibility index (Phi) is 3.23. The summed E-state index contributed by atoms with van der Waals surface area (Å²) in [7, 11) is 0. The first-order chi connectivity index (χ1) is 4.79. The van der Waals surface area contributed by atoms with Crippen LogP contribution in [0, 0.1) is 0 Å². The second-order valence-electron chi connectivity index (χ2n) is 2.76. The van der Waals surface area contributed by atoms with Crippen LogP contribution in [0.4, 0.5) is 0 Å².